The summed E-state index contributed by atoms with van der Waals surface area (Å²) in [5.41, 5.74) is 1.28. The van der Waals surface area contributed by atoms with Crippen molar-refractivity contribution < 1.29 is 4.79 Å². The number of rotatable bonds is 5. The second kappa shape index (κ2) is 6.15. The molecular formula is C19H28BrN3O. The summed E-state index contributed by atoms with van der Waals surface area (Å²) in [6, 6.07) is 0. The molecular weight excluding hydrogens is 366 g/mol. The Morgan fingerprint density at radius 3 is 2.38 bits per heavy atom. The summed E-state index contributed by atoms with van der Waals surface area (Å²) in [6.45, 7) is 3.52. The molecule has 132 valence electrons. The number of hydrogen-bond acceptors (Lipinski definition) is 2. The van der Waals surface area contributed by atoms with E-state index in [1.165, 1.54) is 38.5 Å². The summed E-state index contributed by atoms with van der Waals surface area (Å²) < 4.78 is 2.91. The Kier molecular flexibility index (Phi) is 4.26. The van der Waals surface area contributed by atoms with Gasteiger partial charge in [-0.05, 0) is 84.5 Å². The molecule has 0 radical (unpaired) electrons. The molecule has 1 heterocycles. The molecule has 1 aromatic heterocycles. The zero-order valence-electron chi connectivity index (χ0n) is 14.8. The van der Waals surface area contributed by atoms with Crippen LogP contribution in [0.5, 0.6) is 0 Å². The third-order valence-corrected chi connectivity index (χ3v) is 7.28. The van der Waals surface area contributed by atoms with Gasteiger partial charge < -0.3 is 4.90 Å². The van der Waals surface area contributed by atoms with E-state index in [1.54, 1.807) is 0 Å². The third-order valence-electron chi connectivity index (χ3n) is 6.62. The lowest BCUT2D eigenvalue weighted by atomic mass is 9.49. The lowest BCUT2D eigenvalue weighted by molar-refractivity contribution is -0.138. The Morgan fingerprint density at radius 2 is 1.88 bits per heavy atom. The van der Waals surface area contributed by atoms with E-state index in [2.05, 4.69) is 28.0 Å². The molecule has 24 heavy (non-hydrogen) atoms. The van der Waals surface area contributed by atoms with Crippen LogP contribution in [-0.2, 0) is 17.9 Å². The highest BCUT2D eigenvalue weighted by Gasteiger charge is 2.51. The fourth-order valence-corrected chi connectivity index (χ4v) is 6.42. The summed E-state index contributed by atoms with van der Waals surface area (Å²) in [5, 5.41) is 4.55. The fraction of sp³-hybridized carbons (Fsp3) is 0.789. The van der Waals surface area contributed by atoms with Crippen molar-refractivity contribution in [3.05, 3.63) is 16.4 Å². The number of hydrogen-bond donors (Lipinski definition) is 0. The Labute approximate surface area is 153 Å². The number of carbonyl (C=O) groups is 1. The Balaban J connectivity index is 1.41. The van der Waals surface area contributed by atoms with Gasteiger partial charge in [-0.1, -0.05) is 0 Å². The minimum atomic E-state index is 0.301. The van der Waals surface area contributed by atoms with Gasteiger partial charge in [0, 0.05) is 26.2 Å². The van der Waals surface area contributed by atoms with Gasteiger partial charge in [-0.2, -0.15) is 5.10 Å². The van der Waals surface area contributed by atoms with Gasteiger partial charge in [-0.15, -0.1) is 0 Å². The van der Waals surface area contributed by atoms with Crippen molar-refractivity contribution in [3.63, 3.8) is 0 Å². The smallest absolute Gasteiger partial charge is 0.223 e. The van der Waals surface area contributed by atoms with E-state index in [-0.39, 0.29) is 0 Å². The molecule has 4 aliphatic rings. The molecule has 4 fully saturated rings. The summed E-state index contributed by atoms with van der Waals surface area (Å²) in [6.07, 6.45) is 10.9. The van der Waals surface area contributed by atoms with E-state index in [4.69, 9.17) is 0 Å². The van der Waals surface area contributed by atoms with E-state index in [0.29, 0.717) is 17.9 Å². The standard InChI is InChI=1S/C19H28BrN3O/c1-3-23-11-16(20)17(21-23)12-22(2)18(24)10-19-7-13-4-14(8-19)6-15(5-13)9-19/h11,13-15H,3-10,12H2,1-2H3. The molecule has 5 rings (SSSR count). The minimum absolute atomic E-state index is 0.301. The molecule has 0 spiro atoms. The maximum absolute atomic E-state index is 12.9. The summed E-state index contributed by atoms with van der Waals surface area (Å²) in [7, 11) is 1.93. The Bertz CT molecular complexity index is 603. The van der Waals surface area contributed by atoms with Crippen molar-refractivity contribution >= 4 is 21.8 Å². The van der Waals surface area contributed by atoms with Crippen LogP contribution in [0.15, 0.2) is 10.7 Å². The maximum Gasteiger partial charge on any atom is 0.223 e. The quantitative estimate of drug-likeness (QED) is 0.750. The molecule has 4 bridgehead atoms. The highest BCUT2D eigenvalue weighted by Crippen LogP contribution is 2.61. The van der Waals surface area contributed by atoms with Crippen LogP contribution >= 0.6 is 15.9 Å². The predicted molar refractivity (Wildman–Crippen MR) is 97.3 cm³/mol. The summed E-state index contributed by atoms with van der Waals surface area (Å²) in [4.78, 5) is 14.8. The first kappa shape index (κ1) is 16.6. The van der Waals surface area contributed by atoms with Crippen molar-refractivity contribution in [2.24, 2.45) is 23.2 Å². The van der Waals surface area contributed by atoms with Crippen molar-refractivity contribution in [2.45, 2.75) is 65.0 Å². The molecule has 0 N–H and O–H groups in total. The number of halogens is 1. The van der Waals surface area contributed by atoms with Crippen LogP contribution in [-0.4, -0.2) is 27.6 Å². The highest BCUT2D eigenvalue weighted by atomic mass is 79.9. The molecule has 1 aromatic rings. The Morgan fingerprint density at radius 1 is 1.29 bits per heavy atom. The maximum atomic E-state index is 12.9. The first-order valence-corrected chi connectivity index (χ1v) is 10.2. The van der Waals surface area contributed by atoms with Crippen LogP contribution in [0.4, 0.5) is 0 Å². The van der Waals surface area contributed by atoms with Crippen LogP contribution in [0.2, 0.25) is 0 Å². The zero-order valence-corrected chi connectivity index (χ0v) is 16.4. The average Bonchev–Trinajstić information content (AvgIpc) is 2.85. The topological polar surface area (TPSA) is 38.1 Å². The number of amides is 1. The molecule has 0 atom stereocenters. The van der Waals surface area contributed by atoms with Crippen molar-refractivity contribution in [2.75, 3.05) is 7.05 Å². The monoisotopic (exact) mass is 393 g/mol. The highest BCUT2D eigenvalue weighted by molar-refractivity contribution is 9.10. The fourth-order valence-electron chi connectivity index (χ4n) is 5.98. The predicted octanol–water partition coefficient (Wildman–Crippen LogP) is 4.23. The van der Waals surface area contributed by atoms with Gasteiger partial charge in [0.25, 0.3) is 0 Å². The lowest BCUT2D eigenvalue weighted by Crippen LogP contribution is -2.48. The molecule has 0 saturated heterocycles. The third kappa shape index (κ3) is 3.04. The lowest BCUT2D eigenvalue weighted by Gasteiger charge is -2.56. The molecule has 5 heteroatoms. The molecule has 4 saturated carbocycles. The SMILES string of the molecule is CCn1cc(Br)c(CN(C)C(=O)CC23CC4CC(CC(C4)C2)C3)n1. The summed E-state index contributed by atoms with van der Waals surface area (Å²) in [5.74, 6) is 3.02. The average molecular weight is 394 g/mol. The number of carbonyl (C=O) groups excluding carboxylic acids is 1. The van der Waals surface area contributed by atoms with Gasteiger partial charge in [-0.25, -0.2) is 0 Å². The van der Waals surface area contributed by atoms with Gasteiger partial charge >= 0.3 is 0 Å². The second-order valence-corrected chi connectivity index (χ2v) is 9.48. The first-order chi connectivity index (χ1) is 11.5. The van der Waals surface area contributed by atoms with Crippen LogP contribution in [0.3, 0.4) is 0 Å². The second-order valence-electron chi connectivity index (χ2n) is 8.62. The molecule has 0 aliphatic heterocycles. The first-order valence-electron chi connectivity index (χ1n) is 9.42. The van der Waals surface area contributed by atoms with E-state index in [9.17, 15) is 4.79 Å². The molecule has 4 aliphatic carbocycles. The van der Waals surface area contributed by atoms with Crippen molar-refractivity contribution in [3.8, 4) is 0 Å². The molecule has 0 aromatic carbocycles. The van der Waals surface area contributed by atoms with Crippen LogP contribution in [0.1, 0.15) is 57.6 Å². The van der Waals surface area contributed by atoms with Crippen LogP contribution < -0.4 is 0 Å². The van der Waals surface area contributed by atoms with Gasteiger partial charge in [0.05, 0.1) is 16.7 Å². The zero-order chi connectivity index (χ0) is 16.9. The normalized spacial score (nSPS) is 33.9. The minimum Gasteiger partial charge on any atom is -0.340 e. The van der Waals surface area contributed by atoms with Crippen molar-refractivity contribution in [1.29, 1.82) is 0 Å². The van der Waals surface area contributed by atoms with E-state index in [1.807, 2.05) is 22.8 Å². The summed E-state index contributed by atoms with van der Waals surface area (Å²) >= 11 is 3.57. The van der Waals surface area contributed by atoms with Gasteiger partial charge in [0.1, 0.15) is 0 Å². The van der Waals surface area contributed by atoms with E-state index in [0.717, 1.165) is 40.9 Å². The molecule has 4 nitrogen and oxygen atoms in total. The van der Waals surface area contributed by atoms with Crippen LogP contribution in [0, 0.1) is 23.2 Å². The van der Waals surface area contributed by atoms with Crippen LogP contribution in [0.25, 0.3) is 0 Å². The van der Waals surface area contributed by atoms with E-state index >= 15 is 0 Å². The molecule has 1 amide bonds. The number of nitrogens with zero attached hydrogens (tertiary/aromatic N) is 3. The number of aryl methyl sites for hydroxylation is 1. The number of aromatic nitrogens is 2. The van der Waals surface area contributed by atoms with Gasteiger partial charge in [-0.3, -0.25) is 9.48 Å². The van der Waals surface area contributed by atoms with Gasteiger partial charge in [0.2, 0.25) is 5.91 Å². The van der Waals surface area contributed by atoms with E-state index < -0.39 is 0 Å². The largest absolute Gasteiger partial charge is 0.340 e. The Hall–Kier alpha value is -0.840. The molecule has 0 unspecified atom stereocenters. The van der Waals surface area contributed by atoms with Crippen molar-refractivity contribution in [1.82, 2.24) is 14.7 Å². The van der Waals surface area contributed by atoms with Gasteiger partial charge in [0.15, 0.2) is 0 Å².